The van der Waals surface area contributed by atoms with Crippen LogP contribution in [0.4, 0.5) is 0 Å². The minimum absolute atomic E-state index is 0.417. The Labute approximate surface area is 144 Å². The molecule has 0 amide bonds. The van der Waals surface area contributed by atoms with E-state index in [2.05, 4.69) is 13.8 Å². The van der Waals surface area contributed by atoms with Crippen molar-refractivity contribution in [1.82, 2.24) is 0 Å². The second kappa shape index (κ2) is 7.28. The van der Waals surface area contributed by atoms with Gasteiger partial charge in [0.25, 0.3) is 0 Å². The third kappa shape index (κ3) is 3.54. The molecule has 23 heavy (non-hydrogen) atoms. The molecule has 132 valence electrons. The van der Waals surface area contributed by atoms with Crippen molar-refractivity contribution in [1.29, 1.82) is 0 Å². The molecule has 2 unspecified atom stereocenters. The van der Waals surface area contributed by atoms with Crippen LogP contribution in [0.5, 0.6) is 0 Å². The van der Waals surface area contributed by atoms with E-state index in [9.17, 15) is 4.79 Å². The molecule has 0 aliphatic heterocycles. The van der Waals surface area contributed by atoms with Crippen molar-refractivity contribution in [2.45, 2.75) is 110 Å². The van der Waals surface area contributed by atoms with Crippen molar-refractivity contribution in [3.63, 3.8) is 0 Å². The second-order valence-electron chi connectivity index (χ2n) is 9.25. The molecule has 1 nitrogen and oxygen atoms in total. The highest BCUT2D eigenvalue weighted by Gasteiger charge is 2.52. The van der Waals surface area contributed by atoms with E-state index in [-0.39, 0.29) is 0 Å². The van der Waals surface area contributed by atoms with Crippen molar-refractivity contribution in [3.05, 3.63) is 0 Å². The molecule has 4 aliphatic carbocycles. The van der Waals surface area contributed by atoms with Crippen LogP contribution in [0, 0.1) is 22.7 Å². The van der Waals surface area contributed by atoms with Gasteiger partial charge in [-0.2, -0.15) is 0 Å². The van der Waals surface area contributed by atoms with Crippen molar-refractivity contribution >= 4 is 5.78 Å². The van der Waals surface area contributed by atoms with Crippen LogP contribution in [0.2, 0.25) is 0 Å². The zero-order chi connectivity index (χ0) is 16.3. The molecule has 0 spiro atoms. The number of carbonyl (C=O) groups excluding carboxylic acids is 1. The van der Waals surface area contributed by atoms with Crippen LogP contribution < -0.4 is 0 Å². The van der Waals surface area contributed by atoms with Gasteiger partial charge in [-0.15, -0.1) is 0 Å². The SMILES string of the molecule is CCCCCC1CCC(C23CCC(CCC)(CC2)CC3)CC1=O. The monoisotopic (exact) mass is 318 g/mol. The van der Waals surface area contributed by atoms with Crippen LogP contribution in [0.15, 0.2) is 0 Å². The minimum Gasteiger partial charge on any atom is -0.299 e. The maximum atomic E-state index is 12.7. The van der Waals surface area contributed by atoms with Gasteiger partial charge < -0.3 is 0 Å². The highest BCUT2D eigenvalue weighted by molar-refractivity contribution is 5.82. The maximum Gasteiger partial charge on any atom is 0.136 e. The molecule has 4 rings (SSSR count). The van der Waals surface area contributed by atoms with Gasteiger partial charge in [-0.3, -0.25) is 4.79 Å². The highest BCUT2D eigenvalue weighted by atomic mass is 16.1. The van der Waals surface area contributed by atoms with E-state index in [4.69, 9.17) is 0 Å². The average Bonchev–Trinajstić information content (AvgIpc) is 2.58. The van der Waals surface area contributed by atoms with Gasteiger partial charge in [-0.1, -0.05) is 39.5 Å². The van der Waals surface area contributed by atoms with Crippen LogP contribution in [-0.4, -0.2) is 5.78 Å². The van der Waals surface area contributed by atoms with E-state index in [0.29, 0.717) is 22.5 Å². The quantitative estimate of drug-likeness (QED) is 0.478. The lowest BCUT2D eigenvalue weighted by molar-refractivity contribution is -0.132. The van der Waals surface area contributed by atoms with Crippen molar-refractivity contribution in [2.75, 3.05) is 0 Å². The lowest BCUT2D eigenvalue weighted by atomic mass is 9.47. The number of Topliss-reactive ketones (excluding diaryl/α,β-unsaturated/α-hetero) is 1. The maximum absolute atomic E-state index is 12.7. The van der Waals surface area contributed by atoms with Crippen LogP contribution in [0.3, 0.4) is 0 Å². The van der Waals surface area contributed by atoms with Gasteiger partial charge in [0.05, 0.1) is 0 Å². The van der Waals surface area contributed by atoms with Gasteiger partial charge in [-0.25, -0.2) is 0 Å². The standard InChI is InChI=1S/C22H38O/c1-3-5-6-7-18-8-9-19(17-20(18)23)22-14-11-21(10-4-2,12-15-22)13-16-22/h18-19H,3-17H2,1-2H3. The lowest BCUT2D eigenvalue weighted by Gasteiger charge is -2.57. The van der Waals surface area contributed by atoms with E-state index in [1.165, 1.54) is 89.9 Å². The predicted octanol–water partition coefficient (Wildman–Crippen LogP) is 6.69. The average molecular weight is 319 g/mol. The summed E-state index contributed by atoms with van der Waals surface area (Å²) in [5.74, 6) is 1.78. The molecule has 0 aromatic heterocycles. The Morgan fingerprint density at radius 3 is 2.17 bits per heavy atom. The predicted molar refractivity (Wildman–Crippen MR) is 97.5 cm³/mol. The van der Waals surface area contributed by atoms with Crippen LogP contribution >= 0.6 is 0 Å². The number of hydrogen-bond donors (Lipinski definition) is 0. The Kier molecular flexibility index (Phi) is 5.53. The fraction of sp³-hybridized carbons (Fsp3) is 0.955. The topological polar surface area (TPSA) is 17.1 Å². The molecule has 4 aliphatic rings. The van der Waals surface area contributed by atoms with Gasteiger partial charge in [0, 0.05) is 12.3 Å². The first-order valence-electron chi connectivity index (χ1n) is 10.7. The molecule has 0 radical (unpaired) electrons. The number of carbonyl (C=O) groups is 1. The molecule has 1 heteroatoms. The first-order valence-corrected chi connectivity index (χ1v) is 10.7. The molecular formula is C22H38O. The fourth-order valence-electron chi connectivity index (χ4n) is 6.35. The van der Waals surface area contributed by atoms with E-state index in [1.807, 2.05) is 0 Å². The molecule has 2 bridgehead atoms. The van der Waals surface area contributed by atoms with E-state index < -0.39 is 0 Å². The molecular weight excluding hydrogens is 280 g/mol. The summed E-state index contributed by atoms with van der Waals surface area (Å²) in [5, 5.41) is 0. The summed E-state index contributed by atoms with van der Waals surface area (Å²) in [6.45, 7) is 4.60. The van der Waals surface area contributed by atoms with Gasteiger partial charge in [0.2, 0.25) is 0 Å². The van der Waals surface area contributed by atoms with Gasteiger partial charge in [0.15, 0.2) is 0 Å². The first kappa shape index (κ1) is 17.5. The second-order valence-corrected chi connectivity index (χ2v) is 9.25. The molecule has 2 atom stereocenters. The van der Waals surface area contributed by atoms with Crippen LogP contribution in [0.1, 0.15) is 110 Å². The fourth-order valence-corrected chi connectivity index (χ4v) is 6.35. The number of fused-ring (bicyclic) bond motifs is 3. The smallest absolute Gasteiger partial charge is 0.136 e. The van der Waals surface area contributed by atoms with Gasteiger partial charge in [0.1, 0.15) is 5.78 Å². The Hall–Kier alpha value is -0.330. The number of hydrogen-bond acceptors (Lipinski definition) is 1. The molecule has 4 saturated carbocycles. The number of unbranched alkanes of at least 4 members (excludes halogenated alkanes) is 2. The summed E-state index contributed by atoms with van der Waals surface area (Å²) in [6.07, 6.45) is 20.0. The molecule has 0 saturated heterocycles. The summed E-state index contributed by atoms with van der Waals surface area (Å²) in [4.78, 5) is 12.7. The lowest BCUT2D eigenvalue weighted by Crippen LogP contribution is -2.47. The molecule has 0 aromatic carbocycles. The zero-order valence-corrected chi connectivity index (χ0v) is 15.7. The summed E-state index contributed by atoms with van der Waals surface area (Å²) in [6, 6.07) is 0. The summed E-state index contributed by atoms with van der Waals surface area (Å²) in [5.41, 5.74) is 1.28. The summed E-state index contributed by atoms with van der Waals surface area (Å²) in [7, 11) is 0. The van der Waals surface area contributed by atoms with E-state index in [0.717, 1.165) is 12.3 Å². The third-order valence-corrected chi connectivity index (χ3v) is 8.03. The zero-order valence-electron chi connectivity index (χ0n) is 15.7. The first-order chi connectivity index (χ1) is 11.1. The van der Waals surface area contributed by atoms with E-state index in [1.54, 1.807) is 0 Å². The minimum atomic E-state index is 0.417. The van der Waals surface area contributed by atoms with E-state index >= 15 is 0 Å². The van der Waals surface area contributed by atoms with Gasteiger partial charge >= 0.3 is 0 Å². The highest BCUT2D eigenvalue weighted by Crippen LogP contribution is 2.63. The third-order valence-electron chi connectivity index (χ3n) is 8.03. The Morgan fingerprint density at radius 2 is 1.61 bits per heavy atom. The Bertz CT molecular complexity index is 386. The number of rotatable bonds is 7. The van der Waals surface area contributed by atoms with Gasteiger partial charge in [-0.05, 0) is 81.0 Å². The molecule has 0 N–H and O–H groups in total. The number of ketones is 1. The molecule has 4 fully saturated rings. The summed E-state index contributed by atoms with van der Waals surface area (Å²) < 4.78 is 0. The van der Waals surface area contributed by atoms with Crippen LogP contribution in [-0.2, 0) is 4.79 Å². The summed E-state index contributed by atoms with van der Waals surface area (Å²) >= 11 is 0. The Balaban J connectivity index is 1.55. The Morgan fingerprint density at radius 1 is 0.913 bits per heavy atom. The normalized spacial score (nSPS) is 40.5. The van der Waals surface area contributed by atoms with Crippen molar-refractivity contribution < 1.29 is 4.79 Å². The molecule has 0 aromatic rings. The largest absolute Gasteiger partial charge is 0.299 e. The van der Waals surface area contributed by atoms with Crippen molar-refractivity contribution in [2.24, 2.45) is 22.7 Å². The molecule has 0 heterocycles. The van der Waals surface area contributed by atoms with Crippen LogP contribution in [0.25, 0.3) is 0 Å². The van der Waals surface area contributed by atoms with Crippen molar-refractivity contribution in [3.8, 4) is 0 Å².